The summed E-state index contributed by atoms with van der Waals surface area (Å²) in [5, 5.41) is 1.42. The zero-order valence-corrected chi connectivity index (χ0v) is 13.8. The number of halogens is 2. The van der Waals surface area contributed by atoms with Crippen LogP contribution in [-0.2, 0) is 13.6 Å². The van der Waals surface area contributed by atoms with E-state index in [2.05, 4.69) is 9.97 Å². The molecule has 0 saturated carbocycles. The predicted octanol–water partition coefficient (Wildman–Crippen LogP) is 3.41. The monoisotopic (exact) mass is 334 g/mol. The maximum absolute atomic E-state index is 13.8. The SMILES string of the molecule is COc1cc2c(N(C)Cc3cc(Cl)cn3C)ncnc2cc1F. The molecule has 1 aromatic carbocycles. The highest BCUT2D eigenvalue weighted by Crippen LogP contribution is 2.29. The minimum Gasteiger partial charge on any atom is -0.494 e. The van der Waals surface area contributed by atoms with Gasteiger partial charge in [-0.15, -0.1) is 0 Å². The number of anilines is 1. The lowest BCUT2D eigenvalue weighted by Crippen LogP contribution is -2.19. The van der Waals surface area contributed by atoms with Gasteiger partial charge in [-0.2, -0.15) is 0 Å². The van der Waals surface area contributed by atoms with Gasteiger partial charge in [-0.1, -0.05) is 11.6 Å². The third-order valence-corrected chi connectivity index (χ3v) is 3.93. The fraction of sp³-hybridized carbons (Fsp3) is 0.250. The minimum absolute atomic E-state index is 0.170. The first-order valence-corrected chi connectivity index (χ1v) is 7.37. The number of ether oxygens (including phenoxy) is 1. The molecule has 0 aliphatic rings. The zero-order chi connectivity index (χ0) is 16.6. The molecule has 23 heavy (non-hydrogen) atoms. The molecule has 0 amide bonds. The Hall–Kier alpha value is -2.34. The van der Waals surface area contributed by atoms with Crippen molar-refractivity contribution in [2.45, 2.75) is 6.54 Å². The fourth-order valence-corrected chi connectivity index (χ4v) is 2.82. The van der Waals surface area contributed by atoms with E-state index in [1.165, 1.54) is 19.5 Å². The highest BCUT2D eigenvalue weighted by atomic mass is 35.5. The largest absolute Gasteiger partial charge is 0.494 e. The van der Waals surface area contributed by atoms with Crippen LogP contribution < -0.4 is 9.64 Å². The van der Waals surface area contributed by atoms with Crippen LogP contribution in [0.2, 0.25) is 5.02 Å². The Bertz CT molecular complexity index is 865. The van der Waals surface area contributed by atoms with E-state index in [-0.39, 0.29) is 5.75 Å². The summed E-state index contributed by atoms with van der Waals surface area (Å²) >= 11 is 6.02. The van der Waals surface area contributed by atoms with Gasteiger partial charge in [-0.3, -0.25) is 0 Å². The summed E-state index contributed by atoms with van der Waals surface area (Å²) < 4.78 is 20.9. The van der Waals surface area contributed by atoms with E-state index in [1.807, 2.05) is 35.8 Å². The van der Waals surface area contributed by atoms with Crippen molar-refractivity contribution in [3.05, 3.63) is 47.3 Å². The van der Waals surface area contributed by atoms with Crippen LogP contribution in [-0.4, -0.2) is 28.7 Å². The normalized spacial score (nSPS) is 11.0. The van der Waals surface area contributed by atoms with Crippen molar-refractivity contribution in [3.63, 3.8) is 0 Å². The van der Waals surface area contributed by atoms with Gasteiger partial charge in [-0.05, 0) is 12.1 Å². The fourth-order valence-electron chi connectivity index (χ4n) is 2.55. The van der Waals surface area contributed by atoms with E-state index in [4.69, 9.17) is 16.3 Å². The van der Waals surface area contributed by atoms with E-state index >= 15 is 0 Å². The van der Waals surface area contributed by atoms with Gasteiger partial charge in [-0.25, -0.2) is 14.4 Å². The first-order valence-electron chi connectivity index (χ1n) is 6.99. The smallest absolute Gasteiger partial charge is 0.167 e. The van der Waals surface area contributed by atoms with Crippen molar-refractivity contribution in [1.29, 1.82) is 0 Å². The molecule has 0 N–H and O–H groups in total. The molecular formula is C16H16ClFN4O. The van der Waals surface area contributed by atoms with Crippen molar-refractivity contribution in [1.82, 2.24) is 14.5 Å². The molecule has 0 radical (unpaired) electrons. The number of methoxy groups -OCH3 is 1. The summed E-state index contributed by atoms with van der Waals surface area (Å²) in [7, 11) is 5.29. The number of hydrogen-bond donors (Lipinski definition) is 0. The van der Waals surface area contributed by atoms with Crippen molar-refractivity contribution >= 4 is 28.3 Å². The maximum Gasteiger partial charge on any atom is 0.167 e. The topological polar surface area (TPSA) is 43.2 Å². The Labute approximate surface area is 138 Å². The van der Waals surface area contributed by atoms with E-state index in [1.54, 1.807) is 6.07 Å². The van der Waals surface area contributed by atoms with Crippen molar-refractivity contribution < 1.29 is 9.13 Å². The Morgan fingerprint density at radius 3 is 2.74 bits per heavy atom. The summed E-state index contributed by atoms with van der Waals surface area (Å²) in [4.78, 5) is 10.4. The van der Waals surface area contributed by atoms with Crippen LogP contribution in [0.5, 0.6) is 5.75 Å². The quantitative estimate of drug-likeness (QED) is 0.733. The average molecular weight is 335 g/mol. The number of aryl methyl sites for hydroxylation is 1. The van der Waals surface area contributed by atoms with Crippen molar-refractivity contribution in [2.75, 3.05) is 19.1 Å². The van der Waals surface area contributed by atoms with Crippen molar-refractivity contribution in [3.8, 4) is 5.75 Å². The Kier molecular flexibility index (Phi) is 4.09. The zero-order valence-electron chi connectivity index (χ0n) is 13.0. The van der Waals surface area contributed by atoms with Crippen LogP contribution in [0, 0.1) is 5.82 Å². The van der Waals surface area contributed by atoms with Gasteiger partial charge in [0, 0.05) is 37.4 Å². The molecule has 3 rings (SSSR count). The first kappa shape index (κ1) is 15.6. The van der Waals surface area contributed by atoms with E-state index in [9.17, 15) is 4.39 Å². The molecule has 0 aliphatic carbocycles. The number of fused-ring (bicyclic) bond motifs is 1. The van der Waals surface area contributed by atoms with Gasteiger partial charge < -0.3 is 14.2 Å². The number of rotatable bonds is 4. The van der Waals surface area contributed by atoms with Gasteiger partial charge >= 0.3 is 0 Å². The second kappa shape index (κ2) is 6.04. The summed E-state index contributed by atoms with van der Waals surface area (Å²) in [6.45, 7) is 0.606. The second-order valence-corrected chi connectivity index (χ2v) is 5.75. The maximum atomic E-state index is 13.8. The lowest BCUT2D eigenvalue weighted by atomic mass is 10.2. The molecule has 0 fully saturated rings. The predicted molar refractivity (Wildman–Crippen MR) is 88.6 cm³/mol. The third kappa shape index (κ3) is 2.94. The van der Waals surface area contributed by atoms with Crippen LogP contribution >= 0.6 is 11.6 Å². The van der Waals surface area contributed by atoms with Gasteiger partial charge in [0.25, 0.3) is 0 Å². The summed E-state index contributed by atoms with van der Waals surface area (Å²) in [5.74, 6) is 0.427. The molecule has 2 heterocycles. The number of benzene rings is 1. The molecule has 5 nitrogen and oxygen atoms in total. The summed E-state index contributed by atoms with van der Waals surface area (Å²) in [6.07, 6.45) is 3.28. The molecule has 0 spiro atoms. The highest BCUT2D eigenvalue weighted by Gasteiger charge is 2.14. The van der Waals surface area contributed by atoms with Crippen LogP contribution in [0.15, 0.2) is 30.7 Å². The number of hydrogen-bond acceptors (Lipinski definition) is 4. The molecule has 120 valence electrons. The lowest BCUT2D eigenvalue weighted by Gasteiger charge is -2.20. The van der Waals surface area contributed by atoms with Crippen LogP contribution in [0.1, 0.15) is 5.69 Å². The Morgan fingerprint density at radius 2 is 2.09 bits per heavy atom. The Balaban J connectivity index is 2.03. The molecule has 3 aromatic rings. The van der Waals surface area contributed by atoms with Gasteiger partial charge in [0.15, 0.2) is 11.6 Å². The van der Waals surface area contributed by atoms with Gasteiger partial charge in [0.2, 0.25) is 0 Å². The molecule has 0 saturated heterocycles. The van der Waals surface area contributed by atoms with E-state index in [0.29, 0.717) is 22.9 Å². The summed E-state index contributed by atoms with van der Waals surface area (Å²) in [6, 6.07) is 4.88. The third-order valence-electron chi connectivity index (χ3n) is 3.72. The summed E-state index contributed by atoms with van der Waals surface area (Å²) in [5.41, 5.74) is 1.57. The molecular weight excluding hydrogens is 319 g/mol. The standard InChI is InChI=1S/C16H16ClFN4O/c1-21-7-10(17)4-11(21)8-22(2)16-12-5-15(23-3)13(18)6-14(12)19-9-20-16/h4-7,9H,8H2,1-3H3. The van der Waals surface area contributed by atoms with Crippen molar-refractivity contribution in [2.24, 2.45) is 7.05 Å². The van der Waals surface area contributed by atoms with Crippen LogP contribution in [0.3, 0.4) is 0 Å². The molecule has 2 aromatic heterocycles. The number of nitrogens with zero attached hydrogens (tertiary/aromatic N) is 4. The first-order chi connectivity index (χ1) is 11.0. The Morgan fingerprint density at radius 1 is 1.30 bits per heavy atom. The van der Waals surface area contributed by atoms with E-state index < -0.39 is 5.82 Å². The molecule has 0 bridgehead atoms. The van der Waals surface area contributed by atoms with Gasteiger partial charge in [0.1, 0.15) is 12.1 Å². The molecule has 0 atom stereocenters. The average Bonchev–Trinajstić information content (AvgIpc) is 2.83. The van der Waals surface area contributed by atoms with Crippen LogP contribution in [0.25, 0.3) is 10.9 Å². The number of aromatic nitrogens is 3. The lowest BCUT2D eigenvalue weighted by molar-refractivity contribution is 0.387. The molecule has 7 heteroatoms. The molecule has 0 aliphatic heterocycles. The minimum atomic E-state index is -0.443. The molecule has 0 unspecified atom stereocenters. The van der Waals surface area contributed by atoms with Crippen LogP contribution in [0.4, 0.5) is 10.2 Å². The van der Waals surface area contributed by atoms with Gasteiger partial charge in [0.05, 0.1) is 24.2 Å². The second-order valence-electron chi connectivity index (χ2n) is 5.32. The van der Waals surface area contributed by atoms with E-state index in [0.717, 1.165) is 11.1 Å². The highest BCUT2D eigenvalue weighted by molar-refractivity contribution is 6.30.